The van der Waals surface area contributed by atoms with E-state index in [4.69, 9.17) is 0 Å². The van der Waals surface area contributed by atoms with E-state index in [-0.39, 0.29) is 11.8 Å². The lowest BCUT2D eigenvalue weighted by Gasteiger charge is -2.21. The molecule has 0 aliphatic heterocycles. The minimum absolute atomic E-state index is 0.177. The van der Waals surface area contributed by atoms with Crippen LogP contribution < -0.4 is 0 Å². The van der Waals surface area contributed by atoms with Gasteiger partial charge in [0, 0.05) is 0 Å². The molecule has 2 atom stereocenters. The van der Waals surface area contributed by atoms with Crippen molar-refractivity contribution in [3.8, 4) is 0 Å². The first-order valence-corrected chi connectivity index (χ1v) is 10.4. The summed E-state index contributed by atoms with van der Waals surface area (Å²) in [4.78, 5) is 11.3. The molecular formula is C26H40O2. The number of carbonyl (C=O) groups is 1. The molecule has 0 aromatic rings. The first kappa shape index (κ1) is 25.9. The molecule has 0 amide bonds. The van der Waals surface area contributed by atoms with Crippen molar-refractivity contribution >= 4 is 5.97 Å². The fraction of sp³-hybridized carbons (Fsp3) is 0.500. The van der Waals surface area contributed by atoms with Gasteiger partial charge in [0.15, 0.2) is 0 Å². The zero-order valence-electron chi connectivity index (χ0n) is 18.7. The van der Waals surface area contributed by atoms with Crippen molar-refractivity contribution in [1.82, 2.24) is 0 Å². The van der Waals surface area contributed by atoms with Gasteiger partial charge in [0.1, 0.15) is 0 Å². The summed E-state index contributed by atoms with van der Waals surface area (Å²) in [7, 11) is 0. The Bertz CT molecular complexity index is 643. The smallest absolute Gasteiger partial charge is 0.306 e. The molecule has 0 fully saturated rings. The maximum absolute atomic E-state index is 11.3. The third-order valence-corrected chi connectivity index (χ3v) is 5.31. The molecule has 1 aliphatic carbocycles. The van der Waals surface area contributed by atoms with Crippen LogP contribution in [-0.4, -0.2) is 11.1 Å². The Morgan fingerprint density at radius 1 is 1.29 bits per heavy atom. The second kappa shape index (κ2) is 14.0. The van der Waals surface area contributed by atoms with Crippen molar-refractivity contribution in [2.75, 3.05) is 0 Å². The van der Waals surface area contributed by atoms with Gasteiger partial charge < -0.3 is 5.11 Å². The number of rotatable bonds is 10. The van der Waals surface area contributed by atoms with Gasteiger partial charge in [0.25, 0.3) is 0 Å². The van der Waals surface area contributed by atoms with Gasteiger partial charge in [-0.1, -0.05) is 81.0 Å². The number of allylic oxidation sites excluding steroid dienone is 9. The number of carboxylic acid groups (broad SMARTS) is 1. The summed E-state index contributed by atoms with van der Waals surface area (Å²) < 4.78 is 0. The standard InChI is InChI=1S/C16H26O2.C10H14/c1-5-7-15(16(17)18)13(4)10-12(3)14-9-6-8-11(14)2;1-5-7-8-10(6-2)9(3)4/h13,15H,3,5-10H2,1-2,4H3,(H,17,18);5-8H,1,3H2,2,4H3/b;8-7-,10-6+. The summed E-state index contributed by atoms with van der Waals surface area (Å²) in [5.41, 5.74) is 6.28. The molecule has 0 radical (unpaired) electrons. The normalized spacial score (nSPS) is 16.4. The molecule has 156 valence electrons. The highest BCUT2D eigenvalue weighted by Gasteiger charge is 2.25. The molecular weight excluding hydrogens is 344 g/mol. The molecule has 0 aromatic heterocycles. The average Bonchev–Trinajstić information content (AvgIpc) is 3.06. The van der Waals surface area contributed by atoms with Crippen molar-refractivity contribution in [3.63, 3.8) is 0 Å². The maximum Gasteiger partial charge on any atom is 0.306 e. The molecule has 1 N–H and O–H groups in total. The van der Waals surface area contributed by atoms with Gasteiger partial charge >= 0.3 is 5.97 Å². The topological polar surface area (TPSA) is 37.3 Å². The molecule has 2 unspecified atom stereocenters. The largest absolute Gasteiger partial charge is 0.481 e. The first-order valence-electron chi connectivity index (χ1n) is 10.4. The van der Waals surface area contributed by atoms with E-state index in [0.717, 1.165) is 31.3 Å². The van der Waals surface area contributed by atoms with Gasteiger partial charge in [0.05, 0.1) is 5.92 Å². The van der Waals surface area contributed by atoms with Crippen LogP contribution in [0.25, 0.3) is 0 Å². The van der Waals surface area contributed by atoms with Crippen LogP contribution in [0, 0.1) is 11.8 Å². The summed E-state index contributed by atoms with van der Waals surface area (Å²) in [6.07, 6.45) is 13.7. The number of carboxylic acids is 1. The highest BCUT2D eigenvalue weighted by Crippen LogP contribution is 2.34. The van der Waals surface area contributed by atoms with E-state index >= 15 is 0 Å². The van der Waals surface area contributed by atoms with E-state index in [0.29, 0.717) is 0 Å². The van der Waals surface area contributed by atoms with E-state index in [2.05, 4.69) is 26.7 Å². The molecule has 0 saturated carbocycles. The maximum atomic E-state index is 11.3. The fourth-order valence-electron chi connectivity index (χ4n) is 3.65. The molecule has 0 bridgehead atoms. The van der Waals surface area contributed by atoms with E-state index in [1.807, 2.05) is 45.9 Å². The third kappa shape index (κ3) is 9.21. The van der Waals surface area contributed by atoms with Crippen LogP contribution >= 0.6 is 0 Å². The Morgan fingerprint density at radius 2 is 1.93 bits per heavy atom. The van der Waals surface area contributed by atoms with E-state index < -0.39 is 5.97 Å². The van der Waals surface area contributed by atoms with Gasteiger partial charge in [-0.2, -0.15) is 0 Å². The van der Waals surface area contributed by atoms with Crippen molar-refractivity contribution in [3.05, 3.63) is 71.9 Å². The second-order valence-electron chi connectivity index (χ2n) is 7.75. The Morgan fingerprint density at radius 3 is 2.32 bits per heavy atom. The van der Waals surface area contributed by atoms with Gasteiger partial charge in [-0.25, -0.2) is 0 Å². The lowest BCUT2D eigenvalue weighted by atomic mass is 9.83. The molecule has 0 aromatic carbocycles. The Hall–Kier alpha value is -2.09. The summed E-state index contributed by atoms with van der Waals surface area (Å²) in [5, 5.41) is 9.26. The van der Waals surface area contributed by atoms with Crippen molar-refractivity contribution in [2.24, 2.45) is 11.8 Å². The van der Waals surface area contributed by atoms with Crippen LogP contribution in [0.2, 0.25) is 0 Å². The van der Waals surface area contributed by atoms with Crippen LogP contribution in [-0.2, 0) is 4.79 Å². The number of hydrogen-bond donors (Lipinski definition) is 1. The predicted molar refractivity (Wildman–Crippen MR) is 123 cm³/mol. The zero-order valence-corrected chi connectivity index (χ0v) is 18.7. The van der Waals surface area contributed by atoms with Crippen molar-refractivity contribution < 1.29 is 9.90 Å². The van der Waals surface area contributed by atoms with Crippen molar-refractivity contribution in [1.29, 1.82) is 0 Å². The quantitative estimate of drug-likeness (QED) is 0.390. The minimum Gasteiger partial charge on any atom is -0.481 e. The molecule has 28 heavy (non-hydrogen) atoms. The molecule has 0 heterocycles. The predicted octanol–water partition coefficient (Wildman–Crippen LogP) is 7.82. The lowest BCUT2D eigenvalue weighted by molar-refractivity contribution is -0.143. The van der Waals surface area contributed by atoms with E-state index in [1.54, 1.807) is 6.08 Å². The van der Waals surface area contributed by atoms with Crippen molar-refractivity contribution in [2.45, 2.75) is 73.1 Å². The molecule has 1 aliphatic rings. The molecule has 1 rings (SSSR count). The molecule has 0 saturated heterocycles. The Labute approximate surface area is 173 Å². The lowest BCUT2D eigenvalue weighted by Crippen LogP contribution is -2.22. The molecule has 2 heteroatoms. The van der Waals surface area contributed by atoms with Crippen LogP contribution in [0.3, 0.4) is 0 Å². The zero-order chi connectivity index (χ0) is 21.7. The van der Waals surface area contributed by atoms with Gasteiger partial charge in [-0.15, -0.1) is 0 Å². The van der Waals surface area contributed by atoms with E-state index in [1.165, 1.54) is 35.1 Å². The van der Waals surface area contributed by atoms with Crippen LogP contribution in [0.15, 0.2) is 71.9 Å². The minimum atomic E-state index is -0.658. The highest BCUT2D eigenvalue weighted by atomic mass is 16.4. The molecule has 2 nitrogen and oxygen atoms in total. The number of hydrogen-bond acceptors (Lipinski definition) is 1. The Balaban J connectivity index is 0.000000621. The summed E-state index contributed by atoms with van der Waals surface area (Å²) in [6.45, 7) is 21.8. The SMILES string of the molecule is C=C(CC(C)C(CCC)C(=O)O)C1=C(C)CCC1.C=C/C=C\C(=C/C)C(=C)C. The monoisotopic (exact) mass is 384 g/mol. The molecule has 0 spiro atoms. The highest BCUT2D eigenvalue weighted by molar-refractivity contribution is 5.70. The Kier molecular flexibility index (Phi) is 12.9. The van der Waals surface area contributed by atoms with Crippen LogP contribution in [0.5, 0.6) is 0 Å². The van der Waals surface area contributed by atoms with E-state index in [9.17, 15) is 9.90 Å². The second-order valence-corrected chi connectivity index (χ2v) is 7.75. The van der Waals surface area contributed by atoms with Gasteiger partial charge in [-0.05, 0) is 69.9 Å². The van der Waals surface area contributed by atoms with Gasteiger partial charge in [0.2, 0.25) is 0 Å². The summed E-state index contributed by atoms with van der Waals surface area (Å²) in [5.74, 6) is -0.709. The summed E-state index contributed by atoms with van der Waals surface area (Å²) >= 11 is 0. The fourth-order valence-corrected chi connectivity index (χ4v) is 3.65. The van der Waals surface area contributed by atoms with Crippen LogP contribution in [0.1, 0.15) is 73.1 Å². The third-order valence-electron chi connectivity index (χ3n) is 5.31. The average molecular weight is 385 g/mol. The number of aliphatic carboxylic acids is 1. The summed E-state index contributed by atoms with van der Waals surface area (Å²) in [6, 6.07) is 0. The van der Waals surface area contributed by atoms with Crippen LogP contribution in [0.4, 0.5) is 0 Å². The first-order chi connectivity index (χ1) is 13.2. The van der Waals surface area contributed by atoms with Gasteiger partial charge in [-0.3, -0.25) is 4.79 Å².